The van der Waals surface area contributed by atoms with Crippen LogP contribution >= 0.6 is 11.6 Å². The van der Waals surface area contributed by atoms with Crippen molar-refractivity contribution >= 4 is 11.6 Å². The SMILES string of the molecule is Fc1ccccc1C1Cn2cnc(-c3nc(-c4ccccc4Cl)no3)c2CO1. The van der Waals surface area contributed by atoms with E-state index >= 15 is 0 Å². The molecule has 1 unspecified atom stereocenters. The molecule has 140 valence electrons. The van der Waals surface area contributed by atoms with Crippen LogP contribution in [0.5, 0.6) is 0 Å². The highest BCUT2D eigenvalue weighted by molar-refractivity contribution is 6.33. The lowest BCUT2D eigenvalue weighted by Crippen LogP contribution is -2.21. The number of halogens is 2. The summed E-state index contributed by atoms with van der Waals surface area (Å²) < 4.78 is 27.3. The van der Waals surface area contributed by atoms with E-state index in [-0.39, 0.29) is 24.4 Å². The Hall–Kier alpha value is -3.03. The van der Waals surface area contributed by atoms with E-state index in [1.54, 1.807) is 30.6 Å². The number of imidazole rings is 1. The number of nitrogens with zero attached hydrogens (tertiary/aromatic N) is 4. The molecular formula is C20H14ClFN4O2. The number of ether oxygens (including phenoxy) is 1. The van der Waals surface area contributed by atoms with Gasteiger partial charge in [-0.2, -0.15) is 4.98 Å². The van der Waals surface area contributed by atoms with E-state index in [9.17, 15) is 4.39 Å². The van der Waals surface area contributed by atoms with Gasteiger partial charge in [0.25, 0.3) is 5.89 Å². The lowest BCUT2D eigenvalue weighted by molar-refractivity contribution is 0.00126. The third kappa shape index (κ3) is 2.89. The van der Waals surface area contributed by atoms with Gasteiger partial charge in [-0.3, -0.25) is 0 Å². The van der Waals surface area contributed by atoms with Gasteiger partial charge in [-0.15, -0.1) is 0 Å². The van der Waals surface area contributed by atoms with E-state index in [1.165, 1.54) is 6.07 Å². The summed E-state index contributed by atoms with van der Waals surface area (Å²) in [5.74, 6) is 0.400. The van der Waals surface area contributed by atoms with Crippen LogP contribution in [0.1, 0.15) is 17.4 Å². The van der Waals surface area contributed by atoms with Crippen LogP contribution in [0.2, 0.25) is 5.02 Å². The third-order valence-electron chi connectivity index (χ3n) is 4.73. The zero-order valence-electron chi connectivity index (χ0n) is 14.5. The maximum atomic E-state index is 14.1. The number of fused-ring (bicyclic) bond motifs is 1. The molecule has 0 radical (unpaired) electrons. The molecule has 3 heterocycles. The van der Waals surface area contributed by atoms with E-state index in [2.05, 4.69) is 15.1 Å². The molecule has 6 nitrogen and oxygen atoms in total. The Morgan fingerprint density at radius 3 is 2.79 bits per heavy atom. The van der Waals surface area contributed by atoms with E-state index in [1.807, 2.05) is 22.8 Å². The van der Waals surface area contributed by atoms with Gasteiger partial charge in [0.05, 0.1) is 30.2 Å². The first-order chi connectivity index (χ1) is 13.7. The zero-order chi connectivity index (χ0) is 19.1. The quantitative estimate of drug-likeness (QED) is 0.503. The molecule has 5 rings (SSSR count). The molecule has 0 aliphatic carbocycles. The van der Waals surface area contributed by atoms with Gasteiger partial charge in [-0.05, 0) is 18.2 Å². The second-order valence-corrected chi connectivity index (χ2v) is 6.82. The summed E-state index contributed by atoms with van der Waals surface area (Å²) in [7, 11) is 0. The molecule has 0 amide bonds. The van der Waals surface area contributed by atoms with Crippen molar-refractivity contribution in [2.75, 3.05) is 0 Å². The fraction of sp³-hybridized carbons (Fsp3) is 0.150. The van der Waals surface area contributed by atoms with Crippen molar-refractivity contribution in [1.29, 1.82) is 0 Å². The lowest BCUT2D eigenvalue weighted by atomic mass is 10.1. The minimum atomic E-state index is -0.378. The van der Waals surface area contributed by atoms with Gasteiger partial charge in [0.15, 0.2) is 5.69 Å². The molecule has 0 N–H and O–H groups in total. The van der Waals surface area contributed by atoms with Gasteiger partial charge in [0.1, 0.15) is 11.9 Å². The van der Waals surface area contributed by atoms with Gasteiger partial charge < -0.3 is 13.8 Å². The maximum Gasteiger partial charge on any atom is 0.278 e. The summed E-state index contributed by atoms with van der Waals surface area (Å²) >= 11 is 6.20. The Morgan fingerprint density at radius 1 is 1.11 bits per heavy atom. The van der Waals surface area contributed by atoms with Crippen molar-refractivity contribution in [3.8, 4) is 23.0 Å². The first-order valence-electron chi connectivity index (χ1n) is 8.69. The van der Waals surface area contributed by atoms with Gasteiger partial charge >= 0.3 is 0 Å². The fourth-order valence-corrected chi connectivity index (χ4v) is 3.52. The van der Waals surface area contributed by atoms with Crippen LogP contribution in [0, 0.1) is 5.82 Å². The van der Waals surface area contributed by atoms with Crippen molar-refractivity contribution < 1.29 is 13.7 Å². The summed E-state index contributed by atoms with van der Waals surface area (Å²) in [5.41, 5.74) is 2.57. The van der Waals surface area contributed by atoms with Crippen LogP contribution in [-0.2, 0) is 17.9 Å². The maximum absolute atomic E-state index is 14.1. The summed E-state index contributed by atoms with van der Waals surface area (Å²) in [6.45, 7) is 0.715. The molecule has 2 aromatic heterocycles. The Morgan fingerprint density at radius 2 is 1.93 bits per heavy atom. The molecule has 4 aromatic rings. The highest BCUT2D eigenvalue weighted by Crippen LogP contribution is 2.33. The van der Waals surface area contributed by atoms with Crippen molar-refractivity contribution in [2.24, 2.45) is 0 Å². The molecule has 28 heavy (non-hydrogen) atoms. The minimum Gasteiger partial charge on any atom is -0.365 e. The smallest absolute Gasteiger partial charge is 0.278 e. The van der Waals surface area contributed by atoms with Crippen LogP contribution in [0.25, 0.3) is 23.0 Å². The number of aromatic nitrogens is 4. The molecule has 0 saturated carbocycles. The highest BCUT2D eigenvalue weighted by Gasteiger charge is 2.28. The van der Waals surface area contributed by atoms with E-state index in [0.29, 0.717) is 34.2 Å². The molecule has 0 spiro atoms. The first-order valence-corrected chi connectivity index (χ1v) is 9.07. The topological polar surface area (TPSA) is 66.0 Å². The van der Waals surface area contributed by atoms with Crippen molar-refractivity contribution in [2.45, 2.75) is 19.3 Å². The molecule has 1 atom stereocenters. The monoisotopic (exact) mass is 396 g/mol. The molecule has 0 saturated heterocycles. The first kappa shape index (κ1) is 17.1. The van der Waals surface area contributed by atoms with E-state index in [4.69, 9.17) is 20.9 Å². The van der Waals surface area contributed by atoms with Gasteiger partial charge in [-0.25, -0.2) is 9.37 Å². The predicted octanol–water partition coefficient (Wildman–Crippen LogP) is 4.66. The minimum absolute atomic E-state index is 0.262. The Labute approximate surface area is 164 Å². The summed E-state index contributed by atoms with van der Waals surface area (Å²) in [4.78, 5) is 8.84. The highest BCUT2D eigenvalue weighted by atomic mass is 35.5. The molecule has 1 aliphatic heterocycles. The Kier molecular flexibility index (Phi) is 4.18. The molecular weight excluding hydrogens is 383 g/mol. The van der Waals surface area contributed by atoms with E-state index in [0.717, 1.165) is 5.69 Å². The van der Waals surface area contributed by atoms with Crippen LogP contribution < -0.4 is 0 Å². The number of benzene rings is 2. The summed E-state index contributed by atoms with van der Waals surface area (Å²) in [6, 6.07) is 13.9. The van der Waals surface area contributed by atoms with E-state index < -0.39 is 0 Å². The third-order valence-corrected chi connectivity index (χ3v) is 5.06. The van der Waals surface area contributed by atoms with Crippen LogP contribution in [-0.4, -0.2) is 19.7 Å². The van der Waals surface area contributed by atoms with Crippen molar-refractivity contribution in [3.05, 3.63) is 77.0 Å². The molecule has 2 aromatic carbocycles. The lowest BCUT2D eigenvalue weighted by Gasteiger charge is -2.25. The predicted molar refractivity (Wildman–Crippen MR) is 99.9 cm³/mol. The summed E-state index contributed by atoms with van der Waals surface area (Å²) in [6.07, 6.45) is 1.30. The molecule has 0 bridgehead atoms. The molecule has 8 heteroatoms. The Bertz CT molecular complexity index is 1160. The fourth-order valence-electron chi connectivity index (χ4n) is 3.30. The molecule has 0 fully saturated rings. The second kappa shape index (κ2) is 6.85. The van der Waals surface area contributed by atoms with Gasteiger partial charge in [-0.1, -0.05) is 47.1 Å². The van der Waals surface area contributed by atoms with Crippen LogP contribution in [0.4, 0.5) is 4.39 Å². The van der Waals surface area contributed by atoms with Crippen molar-refractivity contribution in [1.82, 2.24) is 19.7 Å². The van der Waals surface area contributed by atoms with Gasteiger partial charge in [0.2, 0.25) is 5.82 Å². The average molecular weight is 397 g/mol. The second-order valence-electron chi connectivity index (χ2n) is 6.42. The van der Waals surface area contributed by atoms with Crippen molar-refractivity contribution in [3.63, 3.8) is 0 Å². The Balaban J connectivity index is 1.45. The van der Waals surface area contributed by atoms with Gasteiger partial charge in [0, 0.05) is 11.1 Å². The number of hydrogen-bond donors (Lipinski definition) is 0. The largest absolute Gasteiger partial charge is 0.365 e. The van der Waals surface area contributed by atoms with Crippen LogP contribution in [0.3, 0.4) is 0 Å². The normalized spacial score (nSPS) is 16.1. The zero-order valence-corrected chi connectivity index (χ0v) is 15.3. The van der Waals surface area contributed by atoms with Crippen LogP contribution in [0.15, 0.2) is 59.4 Å². The standard InChI is InChI=1S/C20H14ClFN4O2/c21-14-7-3-1-5-12(14)19-24-20(28-25-19)18-16-10-27-17(9-26(16)11-23-18)13-6-2-4-8-15(13)22/h1-8,11,17H,9-10H2. The summed E-state index contributed by atoms with van der Waals surface area (Å²) in [5, 5.41) is 4.56. The number of rotatable bonds is 3. The molecule has 1 aliphatic rings. The average Bonchev–Trinajstić information content (AvgIpc) is 3.35. The number of hydrogen-bond acceptors (Lipinski definition) is 5.